The molecule has 2 aromatic carbocycles. The third-order valence-corrected chi connectivity index (χ3v) is 6.37. The molecule has 2 fully saturated rings. The van der Waals surface area contributed by atoms with Gasteiger partial charge in [0.05, 0.1) is 23.1 Å². The topological polar surface area (TPSA) is 63.7 Å². The molecule has 3 aliphatic rings. The number of benzene rings is 2. The molecule has 2 aliphatic carbocycles. The lowest BCUT2D eigenvalue weighted by Crippen LogP contribution is -2.32. The smallest absolute Gasteiger partial charge is 0.343 e. The zero-order valence-corrected chi connectivity index (χ0v) is 16.1. The molecular formula is C24H21NO4. The lowest BCUT2D eigenvalue weighted by Gasteiger charge is -2.17. The molecule has 0 aromatic heterocycles. The van der Waals surface area contributed by atoms with Crippen molar-refractivity contribution in [3.63, 3.8) is 0 Å². The van der Waals surface area contributed by atoms with Crippen LogP contribution >= 0.6 is 0 Å². The molecule has 2 bridgehead atoms. The molecule has 0 spiro atoms. The Morgan fingerprint density at radius 2 is 1.52 bits per heavy atom. The number of imide groups is 1. The highest BCUT2D eigenvalue weighted by Gasteiger charge is 2.59. The van der Waals surface area contributed by atoms with Crippen LogP contribution in [0, 0.1) is 23.7 Å². The SMILES string of the molecule is CCc1ccc(OC(=O)c2ccc(N3C(=O)[C@H]4[C@H](C3=O)[C@H]3C=C[C@H]4C3)cc2)cc1. The van der Waals surface area contributed by atoms with E-state index < -0.39 is 5.97 Å². The van der Waals surface area contributed by atoms with Crippen molar-refractivity contribution < 1.29 is 19.1 Å². The number of aryl methyl sites for hydroxylation is 1. The fourth-order valence-electron chi connectivity index (χ4n) is 4.86. The summed E-state index contributed by atoms with van der Waals surface area (Å²) >= 11 is 0. The standard InChI is InChI=1S/C24H21NO4/c1-2-14-3-11-19(12-4-14)29-24(28)15-7-9-18(10-8-15)25-22(26)20-16-5-6-17(13-16)21(20)23(25)27/h3-12,16-17,20-21H,2,13H2,1H3/t16-,17-,20+,21+/m0/s1. The summed E-state index contributed by atoms with van der Waals surface area (Å²) in [5, 5.41) is 0. The van der Waals surface area contributed by atoms with E-state index >= 15 is 0 Å². The normalized spacial score (nSPS) is 26.9. The maximum atomic E-state index is 12.9. The lowest BCUT2D eigenvalue weighted by atomic mass is 9.85. The van der Waals surface area contributed by atoms with Crippen LogP contribution in [0.4, 0.5) is 5.69 Å². The van der Waals surface area contributed by atoms with Crippen LogP contribution in [0.2, 0.25) is 0 Å². The van der Waals surface area contributed by atoms with Crippen LogP contribution in [0.3, 0.4) is 0 Å². The van der Waals surface area contributed by atoms with Crippen LogP contribution in [0.15, 0.2) is 60.7 Å². The van der Waals surface area contributed by atoms with E-state index in [-0.39, 0.29) is 35.5 Å². The van der Waals surface area contributed by atoms with E-state index in [1.54, 1.807) is 36.4 Å². The van der Waals surface area contributed by atoms with Gasteiger partial charge in [0.25, 0.3) is 0 Å². The number of hydrogen-bond acceptors (Lipinski definition) is 4. The van der Waals surface area contributed by atoms with Crippen molar-refractivity contribution in [2.75, 3.05) is 4.90 Å². The quantitative estimate of drug-likeness (QED) is 0.347. The fourth-order valence-corrected chi connectivity index (χ4v) is 4.86. The first-order valence-electron chi connectivity index (χ1n) is 10.0. The van der Waals surface area contributed by atoms with Gasteiger partial charge in [-0.1, -0.05) is 31.2 Å². The predicted molar refractivity (Wildman–Crippen MR) is 107 cm³/mol. The van der Waals surface area contributed by atoms with E-state index in [4.69, 9.17) is 4.74 Å². The molecule has 2 amide bonds. The second-order valence-electron chi connectivity index (χ2n) is 7.95. The Hall–Kier alpha value is -3.21. The largest absolute Gasteiger partial charge is 0.423 e. The number of carbonyl (C=O) groups excluding carboxylic acids is 3. The number of ether oxygens (including phenoxy) is 1. The molecule has 0 N–H and O–H groups in total. The van der Waals surface area contributed by atoms with Crippen molar-refractivity contribution in [1.29, 1.82) is 0 Å². The van der Waals surface area contributed by atoms with Crippen LogP contribution < -0.4 is 9.64 Å². The van der Waals surface area contributed by atoms with E-state index in [9.17, 15) is 14.4 Å². The number of nitrogens with zero attached hydrogens (tertiary/aromatic N) is 1. The summed E-state index contributed by atoms with van der Waals surface area (Å²) in [6, 6.07) is 13.9. The number of allylic oxidation sites excluding steroid dienone is 2. The summed E-state index contributed by atoms with van der Waals surface area (Å²) in [6.07, 6.45) is 5.98. The summed E-state index contributed by atoms with van der Waals surface area (Å²) in [5.74, 6) is -0.330. The highest BCUT2D eigenvalue weighted by molar-refractivity contribution is 6.22. The van der Waals surface area contributed by atoms with Crippen LogP contribution in [-0.4, -0.2) is 17.8 Å². The Morgan fingerprint density at radius 3 is 2.07 bits per heavy atom. The molecule has 5 nitrogen and oxygen atoms in total. The maximum absolute atomic E-state index is 12.9. The molecule has 1 heterocycles. The molecule has 146 valence electrons. The highest BCUT2D eigenvalue weighted by Crippen LogP contribution is 2.53. The van der Waals surface area contributed by atoms with Crippen molar-refractivity contribution in [2.24, 2.45) is 23.7 Å². The second-order valence-corrected chi connectivity index (χ2v) is 7.95. The van der Waals surface area contributed by atoms with Crippen molar-refractivity contribution in [2.45, 2.75) is 19.8 Å². The van der Waals surface area contributed by atoms with Gasteiger partial charge in [-0.25, -0.2) is 4.79 Å². The number of rotatable bonds is 4. The molecule has 1 saturated heterocycles. The van der Waals surface area contributed by atoms with Crippen molar-refractivity contribution in [3.05, 3.63) is 71.8 Å². The van der Waals surface area contributed by atoms with E-state index in [1.807, 2.05) is 12.1 Å². The van der Waals surface area contributed by atoms with Gasteiger partial charge in [0.15, 0.2) is 0 Å². The van der Waals surface area contributed by atoms with E-state index in [0.717, 1.165) is 12.8 Å². The van der Waals surface area contributed by atoms with Gasteiger partial charge in [-0.05, 0) is 66.6 Å². The Labute approximate surface area is 169 Å². The molecule has 4 atom stereocenters. The summed E-state index contributed by atoms with van der Waals surface area (Å²) in [7, 11) is 0. The van der Waals surface area contributed by atoms with Crippen molar-refractivity contribution in [1.82, 2.24) is 0 Å². The predicted octanol–water partition coefficient (Wildman–Crippen LogP) is 3.78. The molecule has 29 heavy (non-hydrogen) atoms. The van der Waals surface area contributed by atoms with Gasteiger partial charge in [0.1, 0.15) is 5.75 Å². The third-order valence-electron chi connectivity index (χ3n) is 6.37. The lowest BCUT2D eigenvalue weighted by molar-refractivity contribution is -0.123. The van der Waals surface area contributed by atoms with Crippen LogP contribution in [0.5, 0.6) is 5.75 Å². The monoisotopic (exact) mass is 387 g/mol. The first kappa shape index (κ1) is 17.9. The molecule has 0 unspecified atom stereocenters. The summed E-state index contributed by atoms with van der Waals surface area (Å²) < 4.78 is 5.41. The van der Waals surface area contributed by atoms with Crippen molar-refractivity contribution >= 4 is 23.5 Å². The minimum atomic E-state index is -0.473. The summed E-state index contributed by atoms with van der Waals surface area (Å²) in [5.41, 5.74) is 2.05. The molecule has 0 radical (unpaired) electrons. The molecular weight excluding hydrogens is 366 g/mol. The maximum Gasteiger partial charge on any atom is 0.343 e. The van der Waals surface area contributed by atoms with Gasteiger partial charge < -0.3 is 4.74 Å². The summed E-state index contributed by atoms with van der Waals surface area (Å²) in [6.45, 7) is 2.06. The number of fused-ring (bicyclic) bond motifs is 5. The Morgan fingerprint density at radius 1 is 0.931 bits per heavy atom. The molecule has 2 aromatic rings. The first-order valence-corrected chi connectivity index (χ1v) is 10.0. The summed E-state index contributed by atoms with van der Waals surface area (Å²) in [4.78, 5) is 39.5. The minimum absolute atomic E-state index is 0.122. The Bertz CT molecular complexity index is 992. The molecule has 5 rings (SSSR count). The van der Waals surface area contributed by atoms with E-state index in [0.29, 0.717) is 17.0 Å². The Balaban J connectivity index is 1.32. The van der Waals surface area contributed by atoms with Gasteiger partial charge in [-0.15, -0.1) is 0 Å². The zero-order valence-electron chi connectivity index (χ0n) is 16.1. The second kappa shape index (κ2) is 6.69. The van der Waals surface area contributed by atoms with Gasteiger partial charge in [-0.2, -0.15) is 0 Å². The van der Waals surface area contributed by atoms with E-state index in [2.05, 4.69) is 19.1 Å². The van der Waals surface area contributed by atoms with Crippen LogP contribution in [0.1, 0.15) is 29.3 Å². The number of carbonyl (C=O) groups is 3. The van der Waals surface area contributed by atoms with Gasteiger partial charge in [0.2, 0.25) is 11.8 Å². The number of amides is 2. The number of esters is 1. The first-order chi connectivity index (χ1) is 14.1. The molecule has 5 heteroatoms. The zero-order chi connectivity index (χ0) is 20.1. The fraction of sp³-hybridized carbons (Fsp3) is 0.292. The minimum Gasteiger partial charge on any atom is -0.423 e. The average molecular weight is 387 g/mol. The van der Waals surface area contributed by atoms with Crippen LogP contribution in [0.25, 0.3) is 0 Å². The Kier molecular flexibility index (Phi) is 4.12. The van der Waals surface area contributed by atoms with Gasteiger partial charge in [0, 0.05) is 0 Å². The number of hydrogen-bond donors (Lipinski definition) is 0. The third kappa shape index (κ3) is 2.80. The molecule has 1 aliphatic heterocycles. The number of anilines is 1. The van der Waals surface area contributed by atoms with E-state index in [1.165, 1.54) is 10.5 Å². The van der Waals surface area contributed by atoms with Gasteiger partial charge in [-0.3, -0.25) is 14.5 Å². The average Bonchev–Trinajstić information content (AvgIpc) is 3.42. The van der Waals surface area contributed by atoms with Crippen molar-refractivity contribution in [3.8, 4) is 5.75 Å². The molecule has 1 saturated carbocycles. The van der Waals surface area contributed by atoms with Crippen LogP contribution in [-0.2, 0) is 16.0 Å². The van der Waals surface area contributed by atoms with Gasteiger partial charge >= 0.3 is 5.97 Å². The highest BCUT2D eigenvalue weighted by atomic mass is 16.5.